The zero-order chi connectivity index (χ0) is 18.9. The molecule has 3 aromatic rings. The third-order valence-corrected chi connectivity index (χ3v) is 7.31. The van der Waals surface area contributed by atoms with Crippen molar-refractivity contribution in [2.45, 2.75) is 45.7 Å². The third-order valence-electron chi connectivity index (χ3n) is 4.27. The molecule has 0 aliphatic rings. The molecule has 0 fully saturated rings. The van der Waals surface area contributed by atoms with Gasteiger partial charge in [0.25, 0.3) is 0 Å². The minimum Gasteiger partial charge on any atom is -0.347 e. The molecule has 4 nitrogen and oxygen atoms in total. The molecule has 0 bridgehead atoms. The van der Waals surface area contributed by atoms with Crippen molar-refractivity contribution in [3.63, 3.8) is 0 Å². The number of amides is 1. The number of rotatable bonds is 5. The smallest absolute Gasteiger partial charge is 0.230 e. The molecule has 0 radical (unpaired) electrons. The van der Waals surface area contributed by atoms with E-state index in [1.54, 1.807) is 29.0 Å². The van der Waals surface area contributed by atoms with Gasteiger partial charge in [-0.2, -0.15) is 0 Å². The zero-order valence-corrected chi connectivity index (χ0v) is 18.1. The number of aryl methyl sites for hydroxylation is 2. The van der Waals surface area contributed by atoms with Gasteiger partial charge in [0, 0.05) is 15.1 Å². The molecule has 0 saturated carbocycles. The van der Waals surface area contributed by atoms with Crippen molar-refractivity contribution in [1.29, 1.82) is 0 Å². The summed E-state index contributed by atoms with van der Waals surface area (Å²) in [5.74, 6) is 0.373. The average molecular weight is 406 g/mol. The van der Waals surface area contributed by atoms with E-state index in [2.05, 4.69) is 56.0 Å². The van der Waals surface area contributed by atoms with Gasteiger partial charge in [-0.15, -0.1) is 22.7 Å². The highest BCUT2D eigenvalue weighted by atomic mass is 32.2. The Bertz CT molecular complexity index is 910. The van der Waals surface area contributed by atoms with Crippen LogP contribution in [0, 0.1) is 19.3 Å². The van der Waals surface area contributed by atoms with E-state index in [-0.39, 0.29) is 17.4 Å². The topological polar surface area (TPSA) is 54.9 Å². The van der Waals surface area contributed by atoms with Crippen molar-refractivity contribution in [2.24, 2.45) is 5.41 Å². The van der Waals surface area contributed by atoms with Crippen molar-refractivity contribution in [3.8, 4) is 0 Å². The highest BCUT2D eigenvalue weighted by molar-refractivity contribution is 8.00. The summed E-state index contributed by atoms with van der Waals surface area (Å²) < 4.78 is 0. The lowest BCUT2D eigenvalue weighted by atomic mass is 9.86. The van der Waals surface area contributed by atoms with Crippen LogP contribution in [0.5, 0.6) is 0 Å². The molecule has 3 aromatic heterocycles. The zero-order valence-electron chi connectivity index (χ0n) is 15.6. The summed E-state index contributed by atoms with van der Waals surface area (Å²) in [5, 5.41) is 7.22. The molecule has 3 rings (SSSR count). The van der Waals surface area contributed by atoms with Crippen LogP contribution in [-0.2, 0) is 4.79 Å². The van der Waals surface area contributed by atoms with E-state index in [9.17, 15) is 4.79 Å². The van der Waals surface area contributed by atoms with Crippen LogP contribution in [0.3, 0.4) is 0 Å². The second-order valence-electron chi connectivity index (χ2n) is 7.31. The first kappa shape index (κ1) is 19.3. The fourth-order valence-electron chi connectivity index (χ4n) is 2.77. The Morgan fingerprint density at radius 1 is 1.31 bits per heavy atom. The van der Waals surface area contributed by atoms with E-state index in [1.165, 1.54) is 27.1 Å². The van der Waals surface area contributed by atoms with Gasteiger partial charge >= 0.3 is 0 Å². The van der Waals surface area contributed by atoms with Crippen molar-refractivity contribution in [2.75, 3.05) is 5.75 Å². The van der Waals surface area contributed by atoms with E-state index in [4.69, 9.17) is 0 Å². The molecule has 26 heavy (non-hydrogen) atoms. The normalized spacial score (nSPS) is 13.1. The highest BCUT2D eigenvalue weighted by Crippen LogP contribution is 2.36. The quantitative estimate of drug-likeness (QED) is 0.458. The molecular formula is C19H23N3OS3. The van der Waals surface area contributed by atoms with Crippen LogP contribution in [0.25, 0.3) is 10.2 Å². The van der Waals surface area contributed by atoms with Gasteiger partial charge in [0.15, 0.2) is 0 Å². The number of nitrogens with one attached hydrogen (secondary N) is 1. The number of carbonyl (C=O) groups excluding carboxylic acids is 1. The molecule has 0 aromatic carbocycles. The lowest BCUT2D eigenvalue weighted by Gasteiger charge is -2.30. The average Bonchev–Trinajstić information content (AvgIpc) is 3.19. The van der Waals surface area contributed by atoms with Gasteiger partial charge in [-0.1, -0.05) is 38.6 Å². The molecule has 0 aliphatic heterocycles. The third kappa shape index (κ3) is 4.10. The summed E-state index contributed by atoms with van der Waals surface area (Å²) in [6, 6.07) is 4.12. The minimum atomic E-state index is -0.0472. The van der Waals surface area contributed by atoms with Gasteiger partial charge in [0.05, 0.1) is 11.8 Å². The highest BCUT2D eigenvalue weighted by Gasteiger charge is 2.28. The van der Waals surface area contributed by atoms with Crippen molar-refractivity contribution >= 4 is 50.6 Å². The summed E-state index contributed by atoms with van der Waals surface area (Å²) in [7, 11) is 0. The fourth-order valence-corrected chi connectivity index (χ4v) is 5.71. The molecule has 0 saturated heterocycles. The molecule has 7 heteroatoms. The van der Waals surface area contributed by atoms with E-state index in [0.29, 0.717) is 5.75 Å². The lowest BCUT2D eigenvalue weighted by Crippen LogP contribution is -2.37. The second kappa shape index (κ2) is 7.66. The minimum absolute atomic E-state index is 0.00569. The molecule has 1 amide bonds. The SMILES string of the molecule is Cc1sc2ncnc(SCC(=O)NC(c3cccs3)C(C)(C)C)c2c1C. The predicted octanol–water partition coefficient (Wildman–Crippen LogP) is 5.37. The second-order valence-corrected chi connectivity index (χ2v) is 10.5. The molecule has 1 atom stereocenters. The first-order valence-electron chi connectivity index (χ1n) is 8.43. The fraction of sp³-hybridized carbons (Fsp3) is 0.421. The van der Waals surface area contributed by atoms with Gasteiger partial charge in [-0.3, -0.25) is 4.79 Å². The van der Waals surface area contributed by atoms with Crippen LogP contribution in [-0.4, -0.2) is 21.6 Å². The predicted molar refractivity (Wildman–Crippen MR) is 112 cm³/mol. The Kier molecular flexibility index (Phi) is 5.69. The van der Waals surface area contributed by atoms with Crippen LogP contribution in [0.4, 0.5) is 0 Å². The largest absolute Gasteiger partial charge is 0.347 e. The Hall–Kier alpha value is -1.44. The van der Waals surface area contributed by atoms with Crippen LogP contribution in [0.15, 0.2) is 28.9 Å². The summed E-state index contributed by atoms with van der Waals surface area (Å²) >= 11 is 4.84. The van der Waals surface area contributed by atoms with Crippen LogP contribution >= 0.6 is 34.4 Å². The van der Waals surface area contributed by atoms with E-state index in [0.717, 1.165) is 15.2 Å². The Morgan fingerprint density at radius 3 is 2.73 bits per heavy atom. The number of thioether (sulfide) groups is 1. The van der Waals surface area contributed by atoms with E-state index in [1.807, 2.05) is 11.4 Å². The molecule has 138 valence electrons. The van der Waals surface area contributed by atoms with Crippen LogP contribution in [0.2, 0.25) is 0 Å². The van der Waals surface area contributed by atoms with Gasteiger partial charge in [0.2, 0.25) is 5.91 Å². The number of thiophene rings is 2. The number of aromatic nitrogens is 2. The molecule has 3 heterocycles. The van der Waals surface area contributed by atoms with Crippen LogP contribution < -0.4 is 5.32 Å². The lowest BCUT2D eigenvalue weighted by molar-refractivity contribution is -0.120. The molecule has 1 unspecified atom stereocenters. The Morgan fingerprint density at radius 2 is 2.08 bits per heavy atom. The maximum absolute atomic E-state index is 12.6. The van der Waals surface area contributed by atoms with Crippen molar-refractivity contribution in [3.05, 3.63) is 39.2 Å². The maximum Gasteiger partial charge on any atom is 0.230 e. The number of carbonyl (C=O) groups is 1. The number of fused-ring (bicyclic) bond motifs is 1. The van der Waals surface area contributed by atoms with Crippen LogP contribution in [0.1, 0.15) is 42.1 Å². The van der Waals surface area contributed by atoms with Crippen molar-refractivity contribution < 1.29 is 4.79 Å². The van der Waals surface area contributed by atoms with Gasteiger partial charge in [-0.25, -0.2) is 9.97 Å². The number of hydrogen-bond acceptors (Lipinski definition) is 6. The summed E-state index contributed by atoms with van der Waals surface area (Å²) in [4.78, 5) is 24.8. The molecule has 0 aliphatic carbocycles. The summed E-state index contributed by atoms with van der Waals surface area (Å²) in [6.45, 7) is 10.6. The summed E-state index contributed by atoms with van der Waals surface area (Å²) in [5.41, 5.74) is 1.16. The van der Waals surface area contributed by atoms with Gasteiger partial charge < -0.3 is 5.32 Å². The number of hydrogen-bond donors (Lipinski definition) is 1. The first-order chi connectivity index (χ1) is 12.3. The molecule has 1 N–H and O–H groups in total. The monoisotopic (exact) mass is 405 g/mol. The number of nitrogens with zero attached hydrogens (tertiary/aromatic N) is 2. The van der Waals surface area contributed by atoms with E-state index >= 15 is 0 Å². The first-order valence-corrected chi connectivity index (χ1v) is 11.1. The van der Waals surface area contributed by atoms with Gasteiger partial charge in [-0.05, 0) is 36.3 Å². The van der Waals surface area contributed by atoms with Crippen molar-refractivity contribution in [1.82, 2.24) is 15.3 Å². The summed E-state index contributed by atoms with van der Waals surface area (Å²) in [6.07, 6.45) is 1.58. The van der Waals surface area contributed by atoms with Gasteiger partial charge in [0.1, 0.15) is 16.2 Å². The Labute approximate surface area is 166 Å². The molecule has 0 spiro atoms. The standard InChI is InChI=1S/C19H23N3OS3/c1-11-12(2)26-18-15(11)17(20-10-21-18)25-9-14(23)22-16(19(3,4)5)13-7-6-8-24-13/h6-8,10,16H,9H2,1-5H3,(H,22,23). The maximum atomic E-state index is 12.6. The Balaban J connectivity index is 1.73. The van der Waals surface area contributed by atoms with E-state index < -0.39 is 0 Å². The molecular weight excluding hydrogens is 382 g/mol.